The predicted molar refractivity (Wildman–Crippen MR) is 91.8 cm³/mol. The molecule has 130 valence electrons. The SMILES string of the molecule is Cc1cc(S(=O)(=O)N2CCN(S(=O)(=O)N(C)C)CC2)ccc1Br. The molecule has 1 aliphatic rings. The van der Waals surface area contributed by atoms with Crippen molar-refractivity contribution in [2.75, 3.05) is 40.3 Å². The van der Waals surface area contributed by atoms with Crippen LogP contribution in [0.15, 0.2) is 27.6 Å². The third-order valence-electron chi connectivity index (χ3n) is 3.75. The summed E-state index contributed by atoms with van der Waals surface area (Å²) in [7, 11) is -4.20. The molecule has 1 saturated heterocycles. The van der Waals surface area contributed by atoms with Crippen LogP contribution < -0.4 is 0 Å². The first kappa shape index (κ1) is 18.8. The first-order valence-corrected chi connectivity index (χ1v) is 10.6. The lowest BCUT2D eigenvalue weighted by molar-refractivity contribution is 0.262. The number of benzene rings is 1. The molecule has 0 radical (unpaired) electrons. The van der Waals surface area contributed by atoms with E-state index < -0.39 is 20.2 Å². The van der Waals surface area contributed by atoms with E-state index in [2.05, 4.69) is 15.9 Å². The average Bonchev–Trinajstić information content (AvgIpc) is 2.49. The second kappa shape index (κ2) is 6.77. The molecule has 1 aromatic carbocycles. The quantitative estimate of drug-likeness (QED) is 0.716. The Morgan fingerprint density at radius 2 is 1.52 bits per heavy atom. The highest BCUT2D eigenvalue weighted by atomic mass is 79.9. The third kappa shape index (κ3) is 3.77. The fourth-order valence-corrected chi connectivity index (χ4v) is 5.14. The molecule has 0 spiro atoms. The molecule has 1 aromatic rings. The van der Waals surface area contributed by atoms with Gasteiger partial charge in [-0.05, 0) is 30.7 Å². The molecular formula is C13H20BrN3O4S2. The van der Waals surface area contributed by atoms with Crippen molar-refractivity contribution in [2.45, 2.75) is 11.8 Å². The van der Waals surface area contributed by atoms with Gasteiger partial charge in [0.1, 0.15) is 0 Å². The summed E-state index contributed by atoms with van der Waals surface area (Å²) in [5.74, 6) is 0. The van der Waals surface area contributed by atoms with E-state index in [0.29, 0.717) is 0 Å². The van der Waals surface area contributed by atoms with Crippen LogP contribution in [0.2, 0.25) is 0 Å². The van der Waals surface area contributed by atoms with Crippen LogP contribution >= 0.6 is 15.9 Å². The predicted octanol–water partition coefficient (Wildman–Crippen LogP) is 0.870. The molecule has 0 saturated carbocycles. The molecule has 0 atom stereocenters. The van der Waals surface area contributed by atoms with Gasteiger partial charge < -0.3 is 0 Å². The van der Waals surface area contributed by atoms with Gasteiger partial charge >= 0.3 is 0 Å². The second-order valence-corrected chi connectivity index (χ2v) is 10.4. The molecule has 0 bridgehead atoms. The number of hydrogen-bond donors (Lipinski definition) is 0. The average molecular weight is 426 g/mol. The van der Waals surface area contributed by atoms with E-state index in [1.165, 1.54) is 22.7 Å². The van der Waals surface area contributed by atoms with Gasteiger partial charge in [0.25, 0.3) is 10.2 Å². The van der Waals surface area contributed by atoms with Crippen LogP contribution in [0, 0.1) is 6.92 Å². The zero-order valence-corrected chi connectivity index (χ0v) is 16.4. The first-order valence-electron chi connectivity index (χ1n) is 7.00. The highest BCUT2D eigenvalue weighted by molar-refractivity contribution is 9.10. The van der Waals surface area contributed by atoms with E-state index in [-0.39, 0.29) is 31.1 Å². The van der Waals surface area contributed by atoms with Gasteiger partial charge in [-0.15, -0.1) is 0 Å². The number of piperazine rings is 1. The summed E-state index contributed by atoms with van der Waals surface area (Å²) in [4.78, 5) is 0.224. The van der Waals surface area contributed by atoms with E-state index in [9.17, 15) is 16.8 Å². The number of aryl methyl sites for hydroxylation is 1. The van der Waals surface area contributed by atoms with E-state index in [1.807, 2.05) is 6.92 Å². The Bertz CT molecular complexity index is 785. The molecule has 0 aromatic heterocycles. The minimum absolute atomic E-state index is 0.143. The molecule has 0 amide bonds. The monoisotopic (exact) mass is 425 g/mol. The van der Waals surface area contributed by atoms with Crippen LogP contribution in [-0.2, 0) is 20.2 Å². The number of rotatable bonds is 4. The minimum atomic E-state index is -3.61. The maximum absolute atomic E-state index is 12.7. The molecule has 0 aliphatic carbocycles. The van der Waals surface area contributed by atoms with Crippen LogP contribution in [0.1, 0.15) is 5.56 Å². The van der Waals surface area contributed by atoms with Crippen molar-refractivity contribution in [3.05, 3.63) is 28.2 Å². The lowest BCUT2D eigenvalue weighted by atomic mass is 10.2. The standard InChI is InChI=1S/C13H20BrN3O4S2/c1-11-10-12(4-5-13(11)14)22(18,19)16-6-8-17(9-7-16)23(20,21)15(2)3/h4-5,10H,6-9H2,1-3H3. The summed E-state index contributed by atoms with van der Waals surface area (Å²) in [5.41, 5.74) is 0.833. The number of sulfonamides is 1. The highest BCUT2D eigenvalue weighted by Crippen LogP contribution is 2.24. The molecular weight excluding hydrogens is 406 g/mol. The van der Waals surface area contributed by atoms with Gasteiger partial charge in [-0.25, -0.2) is 8.42 Å². The molecule has 10 heteroatoms. The Morgan fingerprint density at radius 1 is 1.00 bits per heavy atom. The summed E-state index contributed by atoms with van der Waals surface area (Å²) in [6.07, 6.45) is 0. The highest BCUT2D eigenvalue weighted by Gasteiger charge is 2.33. The lowest BCUT2D eigenvalue weighted by Gasteiger charge is -2.34. The third-order valence-corrected chi connectivity index (χ3v) is 8.48. The van der Waals surface area contributed by atoms with Crippen molar-refractivity contribution in [3.63, 3.8) is 0 Å². The summed E-state index contributed by atoms with van der Waals surface area (Å²) in [5, 5.41) is 0. The summed E-state index contributed by atoms with van der Waals surface area (Å²) in [6.45, 7) is 2.41. The number of nitrogens with zero attached hydrogens (tertiary/aromatic N) is 3. The number of halogens is 1. The normalized spacial score (nSPS) is 18.5. The summed E-state index contributed by atoms with van der Waals surface area (Å²) < 4.78 is 54.1. The van der Waals surface area contributed by atoms with E-state index in [0.717, 1.165) is 14.3 Å². The van der Waals surface area contributed by atoms with Crippen molar-refractivity contribution >= 4 is 36.2 Å². The van der Waals surface area contributed by atoms with Crippen LogP contribution in [0.4, 0.5) is 0 Å². The Morgan fingerprint density at radius 3 is 2.00 bits per heavy atom. The molecule has 1 fully saturated rings. The number of hydrogen-bond acceptors (Lipinski definition) is 4. The van der Waals surface area contributed by atoms with Crippen molar-refractivity contribution in [1.29, 1.82) is 0 Å². The first-order chi connectivity index (χ1) is 10.6. The molecule has 0 unspecified atom stereocenters. The smallest absolute Gasteiger partial charge is 0.207 e. The second-order valence-electron chi connectivity index (χ2n) is 5.50. The zero-order valence-electron chi connectivity index (χ0n) is 13.2. The van der Waals surface area contributed by atoms with Crippen molar-refractivity contribution < 1.29 is 16.8 Å². The van der Waals surface area contributed by atoms with Gasteiger partial charge in [0.05, 0.1) is 4.90 Å². The zero-order chi connectivity index (χ0) is 17.4. The Kier molecular flexibility index (Phi) is 5.54. The maximum atomic E-state index is 12.7. The molecule has 23 heavy (non-hydrogen) atoms. The van der Waals surface area contributed by atoms with Gasteiger partial charge in [-0.3, -0.25) is 0 Å². The topological polar surface area (TPSA) is 78.0 Å². The van der Waals surface area contributed by atoms with Gasteiger partial charge in [-0.1, -0.05) is 15.9 Å². The van der Waals surface area contributed by atoms with Gasteiger partial charge in [0.15, 0.2) is 0 Å². The minimum Gasteiger partial charge on any atom is -0.207 e. The summed E-state index contributed by atoms with van der Waals surface area (Å²) >= 11 is 3.35. The van der Waals surface area contributed by atoms with Gasteiger partial charge in [0.2, 0.25) is 10.0 Å². The largest absolute Gasteiger partial charge is 0.281 e. The van der Waals surface area contributed by atoms with Crippen LogP contribution in [0.25, 0.3) is 0 Å². The van der Waals surface area contributed by atoms with E-state index >= 15 is 0 Å². The lowest BCUT2D eigenvalue weighted by Crippen LogP contribution is -2.52. The van der Waals surface area contributed by atoms with Crippen molar-refractivity contribution in [3.8, 4) is 0 Å². The van der Waals surface area contributed by atoms with E-state index in [1.54, 1.807) is 18.2 Å². The van der Waals surface area contributed by atoms with Crippen LogP contribution in [0.5, 0.6) is 0 Å². The van der Waals surface area contributed by atoms with E-state index in [4.69, 9.17) is 0 Å². The van der Waals surface area contributed by atoms with Crippen LogP contribution in [0.3, 0.4) is 0 Å². The molecule has 2 rings (SSSR count). The van der Waals surface area contributed by atoms with Crippen LogP contribution in [-0.4, -0.2) is 70.0 Å². The fourth-order valence-electron chi connectivity index (χ4n) is 2.30. The molecule has 7 nitrogen and oxygen atoms in total. The molecule has 1 aliphatic heterocycles. The Hall–Kier alpha value is -0.520. The van der Waals surface area contributed by atoms with Gasteiger partial charge in [-0.2, -0.15) is 21.3 Å². The Labute approximate surface area is 146 Å². The van der Waals surface area contributed by atoms with Crippen molar-refractivity contribution in [1.82, 2.24) is 12.9 Å². The van der Waals surface area contributed by atoms with Crippen molar-refractivity contribution in [2.24, 2.45) is 0 Å². The fraction of sp³-hybridized carbons (Fsp3) is 0.538. The Balaban J connectivity index is 2.17. The maximum Gasteiger partial charge on any atom is 0.281 e. The molecule has 1 heterocycles. The summed E-state index contributed by atoms with van der Waals surface area (Å²) in [6, 6.07) is 4.87. The molecule has 0 N–H and O–H groups in total. The van der Waals surface area contributed by atoms with Gasteiger partial charge in [0, 0.05) is 44.7 Å².